The fraction of sp³-hybridized carbons (Fsp3) is 0.192. The highest BCUT2D eigenvalue weighted by Crippen LogP contribution is 2.47. The molecule has 0 aliphatic heterocycles. The van der Waals surface area contributed by atoms with Crippen LogP contribution in [0.25, 0.3) is 21.3 Å². The molecule has 0 amide bonds. The summed E-state index contributed by atoms with van der Waals surface area (Å²) in [5.74, 6) is -0.379. The SMILES string of the molecule is COCc1ccc(-c2ccc3nc(C(c4cc(Cl)cc(Cl)c4)(c4nnc(CNN[SH](=O)=O)o4)S(C)(=O)=O)sc3c2)cc1. The summed E-state index contributed by atoms with van der Waals surface area (Å²) in [7, 11) is -5.47. The first-order valence-electron chi connectivity index (χ1n) is 12.1. The van der Waals surface area contributed by atoms with Gasteiger partial charge in [0.1, 0.15) is 5.01 Å². The van der Waals surface area contributed by atoms with Crippen LogP contribution in [0, 0.1) is 0 Å². The minimum atomic E-state index is -4.17. The van der Waals surface area contributed by atoms with E-state index in [0.717, 1.165) is 39.0 Å². The number of benzene rings is 3. The lowest BCUT2D eigenvalue weighted by atomic mass is 9.98. The number of aromatic nitrogens is 3. The Morgan fingerprint density at radius 3 is 2.33 bits per heavy atom. The van der Waals surface area contributed by atoms with Crippen LogP contribution < -0.4 is 10.3 Å². The topological polar surface area (TPSA) is 153 Å². The number of halogens is 2. The molecule has 220 valence electrons. The fourth-order valence-corrected chi connectivity index (χ4v) is 8.22. The predicted octanol–water partition coefficient (Wildman–Crippen LogP) is 4.26. The molecule has 5 rings (SSSR count). The number of hydrazine groups is 1. The van der Waals surface area contributed by atoms with Crippen molar-refractivity contribution in [3.8, 4) is 11.1 Å². The van der Waals surface area contributed by atoms with Gasteiger partial charge in [-0.2, -0.15) is 4.83 Å². The summed E-state index contributed by atoms with van der Waals surface area (Å²) in [6.45, 7) is 0.292. The number of fused-ring (bicyclic) bond motifs is 1. The van der Waals surface area contributed by atoms with E-state index in [9.17, 15) is 16.8 Å². The Hall–Kier alpha value is -2.95. The molecule has 2 aromatic heterocycles. The van der Waals surface area contributed by atoms with Gasteiger partial charge < -0.3 is 9.15 Å². The normalized spacial score (nSPS) is 13.5. The first-order chi connectivity index (χ1) is 20.0. The Labute approximate surface area is 256 Å². The number of nitrogens with zero attached hydrogens (tertiary/aromatic N) is 3. The zero-order chi connectivity index (χ0) is 30.1. The zero-order valence-corrected chi connectivity index (χ0v) is 26.0. The Kier molecular flexibility index (Phi) is 8.97. The van der Waals surface area contributed by atoms with Gasteiger partial charge in [-0.25, -0.2) is 27.2 Å². The van der Waals surface area contributed by atoms with Crippen molar-refractivity contribution in [3.05, 3.63) is 98.6 Å². The van der Waals surface area contributed by atoms with E-state index in [1.54, 1.807) is 7.11 Å². The molecular formula is C26H23Cl2N5O6S3. The minimum absolute atomic E-state index is 0.0733. The van der Waals surface area contributed by atoms with Gasteiger partial charge in [0, 0.05) is 23.4 Å². The highest BCUT2D eigenvalue weighted by molar-refractivity contribution is 7.92. The molecule has 2 heterocycles. The van der Waals surface area contributed by atoms with E-state index in [1.807, 2.05) is 47.3 Å². The van der Waals surface area contributed by atoms with Crippen molar-refractivity contribution in [2.45, 2.75) is 17.9 Å². The largest absolute Gasteiger partial charge is 0.421 e. The van der Waals surface area contributed by atoms with E-state index in [0.29, 0.717) is 12.1 Å². The average molecular weight is 669 g/mol. The van der Waals surface area contributed by atoms with Gasteiger partial charge in [0.05, 0.1) is 23.4 Å². The van der Waals surface area contributed by atoms with Crippen LogP contribution in [0.3, 0.4) is 0 Å². The molecule has 0 bridgehead atoms. The maximum atomic E-state index is 13.9. The Bertz CT molecular complexity index is 1920. The van der Waals surface area contributed by atoms with Crippen molar-refractivity contribution in [1.29, 1.82) is 0 Å². The van der Waals surface area contributed by atoms with Gasteiger partial charge in [0.15, 0.2) is 9.84 Å². The molecule has 1 unspecified atom stereocenters. The van der Waals surface area contributed by atoms with Crippen LogP contribution in [0.5, 0.6) is 0 Å². The third-order valence-corrected chi connectivity index (χ3v) is 10.1. The smallest absolute Gasteiger partial charge is 0.249 e. The Morgan fingerprint density at radius 2 is 1.69 bits per heavy atom. The standard InChI is InChI=1S/C26H23Cl2N5O6S3/c1-38-14-15-3-5-16(6-4-15)17-7-8-21-22(9-17)40-25(30-21)26(42(2,36)37,18-10-19(27)12-20(28)11-18)24-32-31-23(39-24)13-29-33-41(34)35/h3-12,29,41H,13-14H2,1-2H3,(H,33,34,35). The molecule has 0 saturated carbocycles. The summed E-state index contributed by atoms with van der Waals surface area (Å²) < 4.78 is 59.1. The summed E-state index contributed by atoms with van der Waals surface area (Å²) in [4.78, 5) is 6.74. The van der Waals surface area contributed by atoms with E-state index < -0.39 is 25.5 Å². The van der Waals surface area contributed by atoms with Crippen molar-refractivity contribution < 1.29 is 26.0 Å². The molecule has 2 N–H and O–H groups in total. The summed E-state index contributed by atoms with van der Waals surface area (Å²) in [5, 5.41) is 8.53. The van der Waals surface area contributed by atoms with Crippen LogP contribution in [-0.4, -0.2) is 45.4 Å². The number of hydrogen-bond acceptors (Lipinski definition) is 11. The van der Waals surface area contributed by atoms with Gasteiger partial charge in [-0.05, 0) is 52.6 Å². The van der Waals surface area contributed by atoms with Crippen molar-refractivity contribution >= 4 is 65.5 Å². The van der Waals surface area contributed by atoms with Crippen molar-refractivity contribution in [2.24, 2.45) is 0 Å². The van der Waals surface area contributed by atoms with Gasteiger partial charge in [0.2, 0.25) is 27.4 Å². The van der Waals surface area contributed by atoms with E-state index in [2.05, 4.69) is 15.6 Å². The second-order valence-electron chi connectivity index (χ2n) is 9.17. The van der Waals surface area contributed by atoms with Crippen LogP contribution in [0.15, 0.2) is 65.1 Å². The molecule has 0 saturated heterocycles. The summed E-state index contributed by atoms with van der Waals surface area (Å²) in [6, 6.07) is 18.0. The molecule has 42 heavy (non-hydrogen) atoms. The monoisotopic (exact) mass is 667 g/mol. The first-order valence-corrected chi connectivity index (χ1v) is 16.8. The number of rotatable bonds is 11. The third-order valence-electron chi connectivity index (χ3n) is 6.29. The van der Waals surface area contributed by atoms with Gasteiger partial charge in [-0.1, -0.05) is 53.5 Å². The number of hydrogen-bond donors (Lipinski definition) is 3. The molecule has 5 aromatic rings. The lowest BCUT2D eigenvalue weighted by Gasteiger charge is -2.27. The summed E-state index contributed by atoms with van der Waals surface area (Å²) >= 11 is 13.8. The number of thiol groups is 1. The zero-order valence-electron chi connectivity index (χ0n) is 22.0. The Balaban J connectivity index is 1.69. The van der Waals surface area contributed by atoms with E-state index in [1.165, 1.54) is 18.2 Å². The van der Waals surface area contributed by atoms with Gasteiger partial charge >= 0.3 is 0 Å². The molecular weight excluding hydrogens is 645 g/mol. The quantitative estimate of drug-likeness (QED) is 0.138. The fourth-order valence-electron chi connectivity index (χ4n) is 4.49. The molecule has 0 fully saturated rings. The molecule has 3 aromatic carbocycles. The lowest BCUT2D eigenvalue weighted by Crippen LogP contribution is -2.38. The number of thiazole rings is 1. The predicted molar refractivity (Wildman–Crippen MR) is 162 cm³/mol. The number of methoxy groups -OCH3 is 1. The van der Waals surface area contributed by atoms with Crippen molar-refractivity contribution in [2.75, 3.05) is 13.4 Å². The van der Waals surface area contributed by atoms with E-state index in [4.69, 9.17) is 37.3 Å². The molecule has 11 nitrogen and oxygen atoms in total. The number of nitrogens with one attached hydrogen (secondary N) is 2. The molecule has 16 heteroatoms. The highest BCUT2D eigenvalue weighted by atomic mass is 35.5. The van der Waals surface area contributed by atoms with Crippen LogP contribution in [-0.2, 0) is 43.4 Å². The average Bonchev–Trinajstić information content (AvgIpc) is 3.55. The van der Waals surface area contributed by atoms with Crippen LogP contribution >= 0.6 is 34.5 Å². The molecule has 0 aliphatic carbocycles. The van der Waals surface area contributed by atoms with Crippen molar-refractivity contribution in [3.63, 3.8) is 0 Å². The third kappa shape index (κ3) is 6.07. The van der Waals surface area contributed by atoms with Crippen LogP contribution in [0.4, 0.5) is 0 Å². The molecule has 0 spiro atoms. The van der Waals surface area contributed by atoms with Crippen LogP contribution in [0.1, 0.15) is 27.9 Å². The second-order valence-corrected chi connectivity index (χ2v) is 14.0. The van der Waals surface area contributed by atoms with E-state index >= 15 is 0 Å². The van der Waals surface area contributed by atoms with Gasteiger partial charge in [-0.15, -0.1) is 21.5 Å². The first kappa shape index (κ1) is 30.5. The number of ether oxygens (including phenoxy) is 1. The summed E-state index contributed by atoms with van der Waals surface area (Å²) in [5.41, 5.74) is 6.02. The minimum Gasteiger partial charge on any atom is -0.421 e. The van der Waals surface area contributed by atoms with Crippen molar-refractivity contribution in [1.82, 2.24) is 25.4 Å². The summed E-state index contributed by atoms with van der Waals surface area (Å²) in [6.07, 6.45) is 1.03. The van der Waals surface area contributed by atoms with Crippen LogP contribution in [0.2, 0.25) is 10.0 Å². The van der Waals surface area contributed by atoms with E-state index in [-0.39, 0.29) is 38.9 Å². The number of sulfone groups is 1. The second kappa shape index (κ2) is 12.3. The molecule has 0 radical (unpaired) electrons. The van der Waals surface area contributed by atoms with Gasteiger partial charge in [-0.3, -0.25) is 0 Å². The molecule has 0 aliphatic rings. The maximum absolute atomic E-state index is 13.9. The lowest BCUT2D eigenvalue weighted by molar-refractivity contribution is 0.185. The molecule has 1 atom stereocenters. The van der Waals surface area contributed by atoms with Gasteiger partial charge in [0.25, 0.3) is 0 Å². The highest BCUT2D eigenvalue weighted by Gasteiger charge is 2.54. The maximum Gasteiger partial charge on any atom is 0.249 e. The Morgan fingerprint density at radius 1 is 1.00 bits per heavy atom.